The highest BCUT2D eigenvalue weighted by atomic mass is 19.3. The van der Waals surface area contributed by atoms with Crippen LogP contribution in [-0.2, 0) is 11.3 Å². The van der Waals surface area contributed by atoms with Crippen LogP contribution in [-0.4, -0.2) is 95.4 Å². The first-order valence-corrected chi connectivity index (χ1v) is 15.2. The number of carbonyl (C=O) groups excluding carboxylic acids is 1. The normalized spacial score (nSPS) is 14.7. The minimum absolute atomic E-state index is 0.233. The number of hydrogen-bond donors (Lipinski definition) is 1. The number of aryl methyl sites for hydroxylation is 1. The minimum atomic E-state index is -2.74. The van der Waals surface area contributed by atoms with Crippen LogP contribution in [0, 0.1) is 6.92 Å². The average Bonchev–Trinajstić information content (AvgIpc) is 3.72. The standard InChI is InChI=1S/C33H41F2N7O3/c1-23-5-6-29(45-16-11-39(3)4)20-30(23)32(43)37-24(2)25-17-26(19-27(18-25)31-7-8-42(38-31)33(34)35)28-21-36-41(22-28)10-9-40-12-14-44-15-13-40/h5-8,17-22,24,33H,9-16H2,1-4H3,(H,37,43)/t24-/m1/s1. The highest BCUT2D eigenvalue weighted by Gasteiger charge is 2.19. The quantitative estimate of drug-likeness (QED) is 0.228. The van der Waals surface area contributed by atoms with Crippen molar-refractivity contribution >= 4 is 5.91 Å². The molecule has 1 aliphatic rings. The van der Waals surface area contributed by atoms with Crippen molar-refractivity contribution in [2.45, 2.75) is 33.0 Å². The number of aromatic nitrogens is 4. The Morgan fingerprint density at radius 2 is 1.84 bits per heavy atom. The van der Waals surface area contributed by atoms with E-state index < -0.39 is 12.6 Å². The fraction of sp³-hybridized carbons (Fsp3) is 0.424. The summed E-state index contributed by atoms with van der Waals surface area (Å²) in [7, 11) is 3.95. The van der Waals surface area contributed by atoms with E-state index in [0.29, 0.717) is 33.9 Å². The molecule has 0 radical (unpaired) electrons. The van der Waals surface area contributed by atoms with Gasteiger partial charge in [-0.3, -0.25) is 14.4 Å². The number of nitrogens with zero attached hydrogens (tertiary/aromatic N) is 6. The number of halogens is 2. The predicted octanol–water partition coefficient (Wildman–Crippen LogP) is 4.88. The molecular weight excluding hydrogens is 580 g/mol. The number of nitrogens with one attached hydrogen (secondary N) is 1. The monoisotopic (exact) mass is 621 g/mol. The van der Waals surface area contributed by atoms with Crippen molar-refractivity contribution in [3.63, 3.8) is 0 Å². The molecule has 0 bridgehead atoms. The molecule has 0 unspecified atom stereocenters. The molecular formula is C33H41F2N7O3. The van der Waals surface area contributed by atoms with E-state index in [0.717, 1.165) is 68.2 Å². The second-order valence-corrected chi connectivity index (χ2v) is 11.6. The fourth-order valence-electron chi connectivity index (χ4n) is 5.16. The molecule has 12 heteroatoms. The summed E-state index contributed by atoms with van der Waals surface area (Å²) in [5, 5.41) is 11.8. The van der Waals surface area contributed by atoms with Crippen LogP contribution in [0.3, 0.4) is 0 Å². The lowest BCUT2D eigenvalue weighted by Gasteiger charge is -2.26. The summed E-state index contributed by atoms with van der Waals surface area (Å²) in [6.07, 6.45) is 5.04. The molecule has 5 rings (SSSR count). The van der Waals surface area contributed by atoms with Gasteiger partial charge in [-0.25, -0.2) is 4.68 Å². The molecule has 45 heavy (non-hydrogen) atoms. The SMILES string of the molecule is Cc1ccc(OCCN(C)C)cc1C(=O)N[C@H](C)c1cc(-c2cnn(CCN3CCOCC3)c2)cc(-c2ccn(C(F)F)n2)c1. The van der Waals surface area contributed by atoms with Crippen molar-refractivity contribution in [2.75, 3.05) is 60.1 Å². The first-order chi connectivity index (χ1) is 21.7. The van der Waals surface area contributed by atoms with Crippen molar-refractivity contribution < 1.29 is 23.0 Å². The van der Waals surface area contributed by atoms with Gasteiger partial charge in [-0.05, 0) is 81.0 Å². The summed E-state index contributed by atoms with van der Waals surface area (Å²) >= 11 is 0. The molecule has 3 heterocycles. The molecule has 2 aromatic heterocycles. The number of hydrogen-bond acceptors (Lipinski definition) is 7. The van der Waals surface area contributed by atoms with Crippen molar-refractivity contribution in [2.24, 2.45) is 0 Å². The van der Waals surface area contributed by atoms with Gasteiger partial charge in [-0.15, -0.1) is 0 Å². The van der Waals surface area contributed by atoms with Crippen LogP contribution in [0.5, 0.6) is 5.75 Å². The first kappa shape index (κ1) is 32.3. The van der Waals surface area contributed by atoms with Crippen LogP contribution in [0.2, 0.25) is 0 Å². The van der Waals surface area contributed by atoms with Gasteiger partial charge in [-0.1, -0.05) is 6.07 Å². The molecule has 4 aromatic rings. The third kappa shape index (κ3) is 8.53. The van der Waals surface area contributed by atoms with Crippen LogP contribution >= 0.6 is 0 Å². The number of carbonyl (C=O) groups is 1. The summed E-state index contributed by atoms with van der Waals surface area (Å²) in [4.78, 5) is 17.9. The molecule has 1 N–H and O–H groups in total. The lowest BCUT2D eigenvalue weighted by molar-refractivity contribution is 0.0360. The van der Waals surface area contributed by atoms with Gasteiger partial charge in [0.15, 0.2) is 0 Å². The van der Waals surface area contributed by atoms with Crippen molar-refractivity contribution in [3.8, 4) is 28.1 Å². The maximum Gasteiger partial charge on any atom is 0.333 e. The number of rotatable bonds is 13. The molecule has 10 nitrogen and oxygen atoms in total. The van der Waals surface area contributed by atoms with Gasteiger partial charge in [0.1, 0.15) is 12.4 Å². The van der Waals surface area contributed by atoms with E-state index in [1.807, 2.05) is 74.1 Å². The Balaban J connectivity index is 1.38. The average molecular weight is 622 g/mol. The number of alkyl halides is 2. The molecule has 0 spiro atoms. The Morgan fingerprint density at radius 3 is 2.58 bits per heavy atom. The summed E-state index contributed by atoms with van der Waals surface area (Å²) in [6, 6.07) is 12.4. The molecule has 240 valence electrons. The van der Waals surface area contributed by atoms with Crippen LogP contribution in [0.4, 0.5) is 8.78 Å². The second-order valence-electron chi connectivity index (χ2n) is 11.6. The fourth-order valence-corrected chi connectivity index (χ4v) is 5.16. The van der Waals surface area contributed by atoms with Gasteiger partial charge in [0, 0.05) is 55.3 Å². The lowest BCUT2D eigenvalue weighted by Crippen LogP contribution is -2.38. The maximum absolute atomic E-state index is 13.5. The van der Waals surface area contributed by atoms with E-state index in [2.05, 4.69) is 20.4 Å². The van der Waals surface area contributed by atoms with E-state index in [9.17, 15) is 13.6 Å². The smallest absolute Gasteiger partial charge is 0.333 e. The van der Waals surface area contributed by atoms with Gasteiger partial charge >= 0.3 is 6.55 Å². The third-order valence-electron chi connectivity index (χ3n) is 7.88. The van der Waals surface area contributed by atoms with Gasteiger partial charge < -0.3 is 19.7 Å². The number of benzene rings is 2. The van der Waals surface area contributed by atoms with Crippen LogP contribution < -0.4 is 10.1 Å². The summed E-state index contributed by atoms with van der Waals surface area (Å²) < 4.78 is 40.5. The zero-order valence-electron chi connectivity index (χ0n) is 26.2. The highest BCUT2D eigenvalue weighted by molar-refractivity contribution is 5.96. The molecule has 1 aliphatic heterocycles. The highest BCUT2D eigenvalue weighted by Crippen LogP contribution is 2.31. The van der Waals surface area contributed by atoms with Crippen molar-refractivity contribution in [1.82, 2.24) is 34.7 Å². The predicted molar refractivity (Wildman–Crippen MR) is 169 cm³/mol. The Bertz CT molecular complexity index is 1580. The summed E-state index contributed by atoms with van der Waals surface area (Å²) in [5.41, 5.74) is 4.96. The number of likely N-dealkylation sites (N-methyl/N-ethyl adjacent to an activating group) is 1. The molecule has 0 aliphatic carbocycles. The van der Waals surface area contributed by atoms with E-state index in [-0.39, 0.29) is 5.91 Å². The largest absolute Gasteiger partial charge is 0.492 e. The van der Waals surface area contributed by atoms with Gasteiger partial charge in [0.2, 0.25) is 0 Å². The van der Waals surface area contributed by atoms with Crippen molar-refractivity contribution in [1.29, 1.82) is 0 Å². The summed E-state index contributed by atoms with van der Waals surface area (Å²) in [6.45, 7) is 7.20. The molecule has 0 saturated carbocycles. The second kappa shape index (κ2) is 14.8. The van der Waals surface area contributed by atoms with Gasteiger partial charge in [-0.2, -0.15) is 19.0 Å². The molecule has 2 aromatic carbocycles. The maximum atomic E-state index is 13.5. The number of morpholine rings is 1. The Labute approximate surface area is 262 Å². The van der Waals surface area contributed by atoms with Crippen LogP contribution in [0.25, 0.3) is 22.4 Å². The molecule has 1 amide bonds. The molecule has 1 atom stereocenters. The van der Waals surface area contributed by atoms with E-state index >= 15 is 0 Å². The number of amides is 1. The van der Waals surface area contributed by atoms with E-state index in [1.165, 1.54) is 6.20 Å². The van der Waals surface area contributed by atoms with Crippen LogP contribution in [0.1, 0.15) is 41.0 Å². The van der Waals surface area contributed by atoms with Crippen molar-refractivity contribution in [3.05, 3.63) is 77.7 Å². The topological polar surface area (TPSA) is 89.7 Å². The Morgan fingerprint density at radius 1 is 1.07 bits per heavy atom. The Kier molecular flexibility index (Phi) is 10.6. The van der Waals surface area contributed by atoms with E-state index in [4.69, 9.17) is 9.47 Å². The molecule has 1 saturated heterocycles. The zero-order chi connectivity index (χ0) is 31.9. The third-order valence-corrected chi connectivity index (χ3v) is 7.88. The van der Waals surface area contributed by atoms with Gasteiger partial charge in [0.05, 0.1) is 37.7 Å². The minimum Gasteiger partial charge on any atom is -0.492 e. The Hall–Kier alpha value is -4.13. The molecule has 1 fully saturated rings. The first-order valence-electron chi connectivity index (χ1n) is 15.2. The van der Waals surface area contributed by atoms with E-state index in [1.54, 1.807) is 18.3 Å². The zero-order valence-corrected chi connectivity index (χ0v) is 26.2. The van der Waals surface area contributed by atoms with Crippen LogP contribution in [0.15, 0.2) is 61.1 Å². The number of ether oxygens (including phenoxy) is 2. The lowest BCUT2D eigenvalue weighted by atomic mass is 9.96. The summed E-state index contributed by atoms with van der Waals surface area (Å²) in [5.74, 6) is 0.396. The van der Waals surface area contributed by atoms with Gasteiger partial charge in [0.25, 0.3) is 5.91 Å².